The molecule has 114 valence electrons. The number of aliphatic hydroxyl groups is 1. The summed E-state index contributed by atoms with van der Waals surface area (Å²) in [6.07, 6.45) is 2.49. The zero-order chi connectivity index (χ0) is 15.1. The molecule has 0 amide bonds. The molecule has 2 unspecified atom stereocenters. The molecule has 0 aliphatic carbocycles. The van der Waals surface area contributed by atoms with Crippen molar-refractivity contribution in [2.24, 2.45) is 0 Å². The van der Waals surface area contributed by atoms with Crippen LogP contribution in [0, 0.1) is 0 Å². The van der Waals surface area contributed by atoms with Gasteiger partial charge in [-0.25, -0.2) is 0 Å². The summed E-state index contributed by atoms with van der Waals surface area (Å²) in [5.41, 5.74) is 0. The lowest BCUT2D eigenvalue weighted by Crippen LogP contribution is -2.33. The SMILES string of the molecule is CC.OCC1CCCC(Oc2ccc3ccccc3c2)O1. The van der Waals surface area contributed by atoms with E-state index in [1.165, 1.54) is 5.39 Å². The molecule has 1 aliphatic rings. The Kier molecular flexibility index (Phi) is 6.03. The minimum atomic E-state index is -0.243. The molecule has 1 fully saturated rings. The van der Waals surface area contributed by atoms with Gasteiger partial charge >= 0.3 is 0 Å². The van der Waals surface area contributed by atoms with Gasteiger partial charge in [0.1, 0.15) is 5.75 Å². The summed E-state index contributed by atoms with van der Waals surface area (Å²) in [4.78, 5) is 0. The number of ether oxygens (including phenoxy) is 2. The number of hydrogen-bond donors (Lipinski definition) is 1. The van der Waals surface area contributed by atoms with Gasteiger partial charge in [0.25, 0.3) is 0 Å². The Morgan fingerprint density at radius 2 is 1.86 bits per heavy atom. The lowest BCUT2D eigenvalue weighted by molar-refractivity contribution is -0.157. The van der Waals surface area contributed by atoms with Crippen molar-refractivity contribution in [3.05, 3.63) is 42.5 Å². The Bertz CT molecular complexity index is 553. The van der Waals surface area contributed by atoms with E-state index in [-0.39, 0.29) is 19.0 Å². The van der Waals surface area contributed by atoms with Crippen molar-refractivity contribution in [3.8, 4) is 5.75 Å². The first-order valence-corrected chi connectivity index (χ1v) is 7.77. The molecule has 1 N–H and O–H groups in total. The Morgan fingerprint density at radius 1 is 1.10 bits per heavy atom. The van der Waals surface area contributed by atoms with Gasteiger partial charge in [-0.15, -0.1) is 0 Å². The van der Waals surface area contributed by atoms with E-state index in [1.54, 1.807) is 0 Å². The van der Waals surface area contributed by atoms with Gasteiger partial charge in [-0.3, -0.25) is 0 Å². The van der Waals surface area contributed by atoms with Gasteiger partial charge in [-0.1, -0.05) is 44.2 Å². The lowest BCUT2D eigenvalue weighted by Gasteiger charge is -2.29. The van der Waals surface area contributed by atoms with Crippen LogP contribution < -0.4 is 4.74 Å². The van der Waals surface area contributed by atoms with Gasteiger partial charge < -0.3 is 14.6 Å². The molecular formula is C18H24O3. The second kappa shape index (κ2) is 8.01. The van der Waals surface area contributed by atoms with Crippen LogP contribution in [-0.4, -0.2) is 24.1 Å². The van der Waals surface area contributed by atoms with E-state index >= 15 is 0 Å². The molecule has 0 spiro atoms. The summed E-state index contributed by atoms with van der Waals surface area (Å²) in [5, 5.41) is 11.5. The molecule has 3 nitrogen and oxygen atoms in total. The highest BCUT2D eigenvalue weighted by atomic mass is 16.7. The van der Waals surface area contributed by atoms with E-state index in [1.807, 2.05) is 38.1 Å². The van der Waals surface area contributed by atoms with Crippen molar-refractivity contribution in [1.82, 2.24) is 0 Å². The third kappa shape index (κ3) is 4.19. The largest absolute Gasteiger partial charge is 0.465 e. The average Bonchev–Trinajstić information content (AvgIpc) is 2.57. The van der Waals surface area contributed by atoms with Gasteiger partial charge in [0.2, 0.25) is 0 Å². The Hall–Kier alpha value is -1.58. The van der Waals surface area contributed by atoms with E-state index < -0.39 is 0 Å². The van der Waals surface area contributed by atoms with Crippen molar-refractivity contribution in [3.63, 3.8) is 0 Å². The molecule has 1 aliphatic heterocycles. The van der Waals surface area contributed by atoms with Crippen molar-refractivity contribution < 1.29 is 14.6 Å². The van der Waals surface area contributed by atoms with E-state index in [9.17, 15) is 0 Å². The standard InChI is InChI=1S/C16H18O3.C2H6/c17-11-15-6-3-7-16(19-15)18-14-9-8-12-4-1-2-5-13(12)10-14;1-2/h1-2,4-5,8-10,15-17H,3,6-7,11H2;1-2H3. The van der Waals surface area contributed by atoms with Crippen molar-refractivity contribution in [2.75, 3.05) is 6.61 Å². The molecule has 2 atom stereocenters. The highest BCUT2D eigenvalue weighted by molar-refractivity contribution is 5.83. The first kappa shape index (κ1) is 15.8. The van der Waals surface area contributed by atoms with Crippen molar-refractivity contribution >= 4 is 10.8 Å². The zero-order valence-corrected chi connectivity index (χ0v) is 12.8. The number of aliphatic hydroxyl groups excluding tert-OH is 1. The van der Waals surface area contributed by atoms with Crippen LogP contribution in [0.4, 0.5) is 0 Å². The molecule has 1 saturated heterocycles. The normalized spacial score (nSPS) is 21.5. The van der Waals surface area contributed by atoms with Crippen LogP contribution in [0.5, 0.6) is 5.75 Å². The van der Waals surface area contributed by atoms with Gasteiger partial charge in [-0.05, 0) is 35.7 Å². The van der Waals surface area contributed by atoms with Crippen LogP contribution in [-0.2, 0) is 4.74 Å². The van der Waals surface area contributed by atoms with Gasteiger partial charge in [0, 0.05) is 6.42 Å². The van der Waals surface area contributed by atoms with Gasteiger partial charge in [-0.2, -0.15) is 0 Å². The number of rotatable bonds is 3. The Labute approximate surface area is 126 Å². The third-order valence-electron chi connectivity index (χ3n) is 3.50. The average molecular weight is 288 g/mol. The first-order chi connectivity index (χ1) is 10.3. The fraction of sp³-hybridized carbons (Fsp3) is 0.444. The molecule has 0 bridgehead atoms. The van der Waals surface area contributed by atoms with Gasteiger partial charge in [0.15, 0.2) is 6.29 Å². The van der Waals surface area contributed by atoms with Crippen LogP contribution in [0.15, 0.2) is 42.5 Å². The fourth-order valence-electron chi connectivity index (χ4n) is 2.48. The Morgan fingerprint density at radius 3 is 2.62 bits per heavy atom. The predicted octanol–water partition coefficient (Wildman–Crippen LogP) is 4.13. The van der Waals surface area contributed by atoms with Crippen molar-refractivity contribution in [1.29, 1.82) is 0 Å². The highest BCUT2D eigenvalue weighted by Gasteiger charge is 2.22. The maximum Gasteiger partial charge on any atom is 0.200 e. The fourth-order valence-corrected chi connectivity index (χ4v) is 2.48. The van der Waals surface area contributed by atoms with Gasteiger partial charge in [0.05, 0.1) is 12.7 Å². The number of fused-ring (bicyclic) bond motifs is 1. The minimum Gasteiger partial charge on any atom is -0.465 e. The summed E-state index contributed by atoms with van der Waals surface area (Å²) in [6, 6.07) is 14.2. The molecule has 0 radical (unpaired) electrons. The molecule has 21 heavy (non-hydrogen) atoms. The second-order valence-electron chi connectivity index (χ2n) is 4.93. The van der Waals surface area contributed by atoms with E-state index in [4.69, 9.17) is 14.6 Å². The quantitative estimate of drug-likeness (QED) is 0.922. The van der Waals surface area contributed by atoms with Crippen molar-refractivity contribution in [2.45, 2.75) is 45.5 Å². The van der Waals surface area contributed by atoms with E-state index in [0.29, 0.717) is 0 Å². The lowest BCUT2D eigenvalue weighted by atomic mass is 10.1. The number of benzene rings is 2. The van der Waals surface area contributed by atoms with E-state index in [2.05, 4.69) is 18.2 Å². The highest BCUT2D eigenvalue weighted by Crippen LogP contribution is 2.25. The molecule has 1 heterocycles. The van der Waals surface area contributed by atoms with Crippen LogP contribution in [0.25, 0.3) is 10.8 Å². The van der Waals surface area contributed by atoms with Crippen LogP contribution in [0.3, 0.4) is 0 Å². The molecule has 0 aromatic heterocycles. The Balaban J connectivity index is 0.000000774. The minimum absolute atomic E-state index is 0.0670. The maximum absolute atomic E-state index is 9.14. The van der Waals surface area contributed by atoms with Crippen LogP contribution in [0.2, 0.25) is 0 Å². The van der Waals surface area contributed by atoms with Crippen LogP contribution >= 0.6 is 0 Å². The third-order valence-corrected chi connectivity index (χ3v) is 3.50. The van der Waals surface area contributed by atoms with E-state index in [0.717, 1.165) is 30.4 Å². The number of hydrogen-bond acceptors (Lipinski definition) is 3. The second-order valence-corrected chi connectivity index (χ2v) is 4.93. The molecule has 3 heteroatoms. The first-order valence-electron chi connectivity index (χ1n) is 7.77. The predicted molar refractivity (Wildman–Crippen MR) is 85.5 cm³/mol. The summed E-state index contributed by atoms with van der Waals surface area (Å²) in [5.74, 6) is 0.822. The van der Waals surface area contributed by atoms with Crippen LogP contribution in [0.1, 0.15) is 33.1 Å². The summed E-state index contributed by atoms with van der Waals surface area (Å²) in [6.45, 7) is 4.07. The maximum atomic E-state index is 9.14. The molecule has 3 rings (SSSR count). The molecule has 0 saturated carbocycles. The molecular weight excluding hydrogens is 264 g/mol. The monoisotopic (exact) mass is 288 g/mol. The zero-order valence-electron chi connectivity index (χ0n) is 12.8. The molecule has 2 aromatic rings. The summed E-state index contributed by atoms with van der Waals surface area (Å²) >= 11 is 0. The topological polar surface area (TPSA) is 38.7 Å². The summed E-state index contributed by atoms with van der Waals surface area (Å²) < 4.78 is 11.5. The summed E-state index contributed by atoms with van der Waals surface area (Å²) in [7, 11) is 0. The smallest absolute Gasteiger partial charge is 0.200 e. The molecule has 2 aromatic carbocycles.